The fourth-order valence-corrected chi connectivity index (χ4v) is 2.80. The van der Waals surface area contributed by atoms with Gasteiger partial charge in [0.15, 0.2) is 0 Å². The van der Waals surface area contributed by atoms with Gasteiger partial charge in [0.05, 0.1) is 7.11 Å². The molecule has 4 nitrogen and oxygen atoms in total. The molecular weight excluding hydrogens is 321 g/mol. The van der Waals surface area contributed by atoms with E-state index in [2.05, 4.69) is 0 Å². The van der Waals surface area contributed by atoms with Gasteiger partial charge in [-0.05, 0) is 43.0 Å². The summed E-state index contributed by atoms with van der Waals surface area (Å²) in [6, 6.07) is 4.79. The van der Waals surface area contributed by atoms with Crippen LogP contribution in [0.5, 0.6) is 5.75 Å². The number of methoxy groups -OCH3 is 1. The molecule has 1 aromatic carbocycles. The lowest BCUT2D eigenvalue weighted by molar-refractivity contribution is -0.194. The lowest BCUT2D eigenvalue weighted by atomic mass is 9.97. The number of nitrogens with two attached hydrogens (primary N) is 1. The molecular formula is C17H21F3N2O2. The van der Waals surface area contributed by atoms with Gasteiger partial charge in [0, 0.05) is 18.7 Å². The van der Waals surface area contributed by atoms with Crippen molar-refractivity contribution < 1.29 is 22.7 Å². The van der Waals surface area contributed by atoms with E-state index in [1.165, 1.54) is 13.2 Å². The zero-order chi connectivity index (χ0) is 17.9. The highest BCUT2D eigenvalue weighted by Crippen LogP contribution is 2.32. The molecule has 0 radical (unpaired) electrons. The number of hydrogen-bond acceptors (Lipinski definition) is 3. The molecule has 1 aliphatic heterocycles. The van der Waals surface area contributed by atoms with Gasteiger partial charge in [0.1, 0.15) is 11.8 Å². The van der Waals surface area contributed by atoms with E-state index in [1.807, 2.05) is 0 Å². The number of carbonyl (C=O) groups is 1. The zero-order valence-electron chi connectivity index (χ0n) is 13.6. The number of rotatable bonds is 3. The van der Waals surface area contributed by atoms with E-state index in [9.17, 15) is 18.0 Å². The van der Waals surface area contributed by atoms with Crippen molar-refractivity contribution in [3.8, 4) is 5.75 Å². The van der Waals surface area contributed by atoms with Crippen molar-refractivity contribution in [3.05, 3.63) is 35.9 Å². The van der Waals surface area contributed by atoms with E-state index in [0.29, 0.717) is 16.9 Å². The highest BCUT2D eigenvalue weighted by atomic mass is 19.4. The number of halogens is 3. The Morgan fingerprint density at radius 2 is 2.08 bits per heavy atom. The van der Waals surface area contributed by atoms with Crippen LogP contribution in [0.2, 0.25) is 0 Å². The smallest absolute Gasteiger partial charge is 0.408 e. The van der Waals surface area contributed by atoms with E-state index in [1.54, 1.807) is 31.2 Å². The monoisotopic (exact) mass is 342 g/mol. The maximum Gasteiger partial charge on any atom is 0.408 e. The second-order valence-electron chi connectivity index (χ2n) is 5.94. The molecule has 2 rings (SSSR count). The lowest BCUT2D eigenvalue weighted by Gasteiger charge is -2.38. The summed E-state index contributed by atoms with van der Waals surface area (Å²) in [5.41, 5.74) is 7.03. The van der Waals surface area contributed by atoms with Crippen LogP contribution in [0.25, 0.3) is 5.57 Å². The van der Waals surface area contributed by atoms with Crippen LogP contribution < -0.4 is 10.5 Å². The van der Waals surface area contributed by atoms with Gasteiger partial charge in [0.25, 0.3) is 0 Å². The number of likely N-dealkylation sites (tertiary alicyclic amines) is 1. The number of amides is 1. The van der Waals surface area contributed by atoms with E-state index < -0.39 is 24.2 Å². The van der Waals surface area contributed by atoms with Gasteiger partial charge >= 0.3 is 6.18 Å². The third-order valence-corrected chi connectivity index (χ3v) is 4.14. The first-order valence-electron chi connectivity index (χ1n) is 7.68. The number of benzene rings is 1. The van der Waals surface area contributed by atoms with Gasteiger partial charge in [0.2, 0.25) is 5.91 Å². The second kappa shape index (κ2) is 7.25. The van der Waals surface area contributed by atoms with Crippen molar-refractivity contribution in [1.29, 1.82) is 0 Å². The standard InChI is InChI=1S/C17H21F3N2O2/c1-11(12-4-3-5-14(9-12)24-2)8-16(23)22-10-13(21)6-7-15(22)17(18,19)20/h3-5,8-9,13,15H,6-7,10,21H2,1-2H3/b11-8+. The summed E-state index contributed by atoms with van der Waals surface area (Å²) >= 11 is 0. The molecule has 1 aliphatic rings. The summed E-state index contributed by atoms with van der Waals surface area (Å²) in [7, 11) is 1.52. The normalized spacial score (nSPS) is 22.4. The minimum absolute atomic E-state index is 0.0924. The molecule has 132 valence electrons. The predicted molar refractivity (Wildman–Crippen MR) is 85.4 cm³/mol. The van der Waals surface area contributed by atoms with E-state index >= 15 is 0 Å². The summed E-state index contributed by atoms with van der Waals surface area (Å²) in [5.74, 6) is -0.0614. The summed E-state index contributed by atoms with van der Waals surface area (Å²) in [5, 5.41) is 0. The van der Waals surface area contributed by atoms with Crippen LogP contribution >= 0.6 is 0 Å². The molecule has 1 amide bonds. The van der Waals surface area contributed by atoms with Gasteiger partial charge in [-0.1, -0.05) is 12.1 Å². The summed E-state index contributed by atoms with van der Waals surface area (Å²) in [6.07, 6.45) is -3.13. The first kappa shape index (κ1) is 18.3. The fourth-order valence-electron chi connectivity index (χ4n) is 2.80. The minimum Gasteiger partial charge on any atom is -0.497 e. The van der Waals surface area contributed by atoms with Crippen LogP contribution in [0, 0.1) is 0 Å². The summed E-state index contributed by atoms with van der Waals surface area (Å²) < 4.78 is 44.6. The van der Waals surface area contributed by atoms with Crippen LogP contribution in [-0.2, 0) is 4.79 Å². The van der Waals surface area contributed by atoms with Crippen molar-refractivity contribution in [2.45, 2.75) is 38.0 Å². The summed E-state index contributed by atoms with van der Waals surface area (Å²) in [4.78, 5) is 13.2. The van der Waals surface area contributed by atoms with E-state index in [4.69, 9.17) is 10.5 Å². The van der Waals surface area contributed by atoms with E-state index in [0.717, 1.165) is 4.90 Å². The second-order valence-corrected chi connectivity index (χ2v) is 5.94. The van der Waals surface area contributed by atoms with Crippen molar-refractivity contribution in [3.63, 3.8) is 0 Å². The zero-order valence-corrected chi connectivity index (χ0v) is 13.6. The number of allylic oxidation sites excluding steroid dienone is 1. The maximum absolute atomic E-state index is 13.2. The van der Waals surface area contributed by atoms with Crippen LogP contribution in [0.1, 0.15) is 25.3 Å². The fraction of sp³-hybridized carbons (Fsp3) is 0.471. The van der Waals surface area contributed by atoms with Crippen LogP contribution in [-0.4, -0.2) is 42.7 Å². The average Bonchev–Trinajstić information content (AvgIpc) is 2.53. The molecule has 2 atom stereocenters. The van der Waals surface area contributed by atoms with Gasteiger partial charge in [-0.3, -0.25) is 4.79 Å². The highest BCUT2D eigenvalue weighted by Gasteiger charge is 2.47. The average molecular weight is 342 g/mol. The van der Waals surface area contributed by atoms with Gasteiger partial charge < -0.3 is 15.4 Å². The predicted octanol–water partition coefficient (Wildman–Crippen LogP) is 2.98. The Bertz CT molecular complexity index is 629. The quantitative estimate of drug-likeness (QED) is 0.859. The largest absolute Gasteiger partial charge is 0.497 e. The number of piperidine rings is 1. The number of nitrogens with zero attached hydrogens (tertiary/aromatic N) is 1. The third-order valence-electron chi connectivity index (χ3n) is 4.14. The molecule has 0 aromatic heterocycles. The molecule has 7 heteroatoms. The third kappa shape index (κ3) is 4.29. The molecule has 1 aromatic rings. The Kier molecular flexibility index (Phi) is 5.54. The minimum atomic E-state index is -4.45. The van der Waals surface area contributed by atoms with Crippen molar-refractivity contribution in [2.24, 2.45) is 5.73 Å². The van der Waals surface area contributed by atoms with Gasteiger partial charge in [-0.15, -0.1) is 0 Å². The first-order chi connectivity index (χ1) is 11.2. The summed E-state index contributed by atoms with van der Waals surface area (Å²) in [6.45, 7) is 1.59. The Morgan fingerprint density at radius 3 is 2.71 bits per heavy atom. The van der Waals surface area contributed by atoms with Crippen LogP contribution in [0.4, 0.5) is 13.2 Å². The number of alkyl halides is 3. The Balaban J connectivity index is 2.24. The van der Waals surface area contributed by atoms with E-state index in [-0.39, 0.29) is 19.4 Å². The van der Waals surface area contributed by atoms with Gasteiger partial charge in [-0.2, -0.15) is 13.2 Å². The molecule has 0 saturated carbocycles. The molecule has 1 heterocycles. The number of hydrogen-bond donors (Lipinski definition) is 1. The molecule has 2 N–H and O–H groups in total. The van der Waals surface area contributed by atoms with Crippen molar-refractivity contribution >= 4 is 11.5 Å². The number of ether oxygens (including phenoxy) is 1. The number of carbonyl (C=O) groups excluding carboxylic acids is 1. The van der Waals surface area contributed by atoms with Crippen LogP contribution in [0.15, 0.2) is 30.3 Å². The first-order valence-corrected chi connectivity index (χ1v) is 7.68. The molecule has 0 aliphatic carbocycles. The topological polar surface area (TPSA) is 55.6 Å². The Labute approximate surface area is 139 Å². The molecule has 2 unspecified atom stereocenters. The molecule has 0 bridgehead atoms. The molecule has 1 saturated heterocycles. The van der Waals surface area contributed by atoms with Gasteiger partial charge in [-0.25, -0.2) is 0 Å². The SMILES string of the molecule is COc1cccc(/C(C)=C/C(=O)N2CC(N)CCC2C(F)(F)F)c1. The molecule has 24 heavy (non-hydrogen) atoms. The molecule has 1 fully saturated rings. The van der Waals surface area contributed by atoms with Crippen molar-refractivity contribution in [1.82, 2.24) is 4.90 Å². The lowest BCUT2D eigenvalue weighted by Crippen LogP contribution is -2.56. The van der Waals surface area contributed by atoms with Crippen LogP contribution in [0.3, 0.4) is 0 Å². The Morgan fingerprint density at radius 1 is 1.38 bits per heavy atom. The molecule has 0 spiro atoms. The highest BCUT2D eigenvalue weighted by molar-refractivity contribution is 5.95. The van der Waals surface area contributed by atoms with Crippen molar-refractivity contribution in [2.75, 3.05) is 13.7 Å². The Hall–Kier alpha value is -2.02. The maximum atomic E-state index is 13.2.